The Labute approximate surface area is 253 Å². The molecule has 6 rings (SSSR count). The number of benzene rings is 4. The predicted molar refractivity (Wildman–Crippen MR) is 166 cm³/mol. The summed E-state index contributed by atoms with van der Waals surface area (Å²) in [5.41, 5.74) is 5.07. The summed E-state index contributed by atoms with van der Waals surface area (Å²) < 4.78 is 40.4. The number of carbonyl (C=O) groups excluding carboxylic acids is 2. The molecular weight excluding hydrogens is 563 g/mol. The van der Waals surface area contributed by atoms with Crippen LogP contribution in [-0.4, -0.2) is 27.7 Å². The maximum atomic E-state index is 14.3. The van der Waals surface area contributed by atoms with Gasteiger partial charge in [-0.25, -0.2) is 0 Å². The first kappa shape index (κ1) is 29.2. The minimum absolute atomic E-state index is 0.0197. The van der Waals surface area contributed by atoms with Gasteiger partial charge >= 0.3 is 6.18 Å². The number of hydrogen-bond acceptors (Lipinski definition) is 2. The molecule has 8 heteroatoms. The Morgan fingerprint density at radius 1 is 0.955 bits per heavy atom. The summed E-state index contributed by atoms with van der Waals surface area (Å²) in [6.45, 7) is 5.84. The Hall–Kier alpha value is -4.85. The van der Waals surface area contributed by atoms with Crippen molar-refractivity contribution in [2.75, 3.05) is 5.32 Å². The molecule has 3 unspecified atom stereocenters. The largest absolute Gasteiger partial charge is 0.416 e. The Morgan fingerprint density at radius 3 is 2.39 bits per heavy atom. The van der Waals surface area contributed by atoms with Crippen LogP contribution in [0.2, 0.25) is 0 Å². The molecule has 0 aliphatic carbocycles. The molecule has 0 saturated heterocycles. The van der Waals surface area contributed by atoms with E-state index in [0.717, 1.165) is 51.0 Å². The average Bonchev–Trinajstić information content (AvgIpc) is 3.52. The lowest BCUT2D eigenvalue weighted by atomic mass is 9.90. The van der Waals surface area contributed by atoms with E-state index in [-0.39, 0.29) is 17.5 Å². The highest BCUT2D eigenvalue weighted by Crippen LogP contribution is 2.47. The number of carbonyl (C=O) groups is 2. The van der Waals surface area contributed by atoms with E-state index in [0.29, 0.717) is 12.0 Å². The second kappa shape index (κ2) is 11.3. The lowest BCUT2D eigenvalue weighted by Gasteiger charge is -2.36. The lowest BCUT2D eigenvalue weighted by Crippen LogP contribution is -2.50. The van der Waals surface area contributed by atoms with Gasteiger partial charge in [-0.05, 0) is 54.3 Å². The smallest absolute Gasteiger partial charge is 0.354 e. The number of fused-ring (bicyclic) bond motifs is 2. The number of amides is 2. The molecule has 0 fully saturated rings. The molecule has 1 aliphatic heterocycles. The van der Waals surface area contributed by atoms with Gasteiger partial charge in [-0.1, -0.05) is 92.6 Å². The molecule has 0 spiro atoms. The molecule has 0 bridgehead atoms. The SMILES string of the molecule is CCC(C)C(C(=O)Nc1cccc(C(F)(F)F)c1)N1C(=O)c2ccccc2C1c1c(-c2ccc(C)cc2)[nH]c2ccccc12. The molecule has 2 heterocycles. The standard InChI is InChI=1S/C36H32F3N3O2/c1-4-22(3)32(34(43)40-25-11-9-10-24(20-25)36(37,38)39)42-33(26-12-5-6-13-27(26)35(42)44)30-28-14-7-8-15-29(28)41-31(30)23-18-16-21(2)17-19-23/h5-20,22,32-33,41H,4H2,1-3H3,(H,40,43). The van der Waals surface area contributed by atoms with Crippen molar-refractivity contribution in [1.29, 1.82) is 0 Å². The number of nitrogens with one attached hydrogen (secondary N) is 2. The number of H-pyrrole nitrogens is 1. The van der Waals surface area contributed by atoms with Crippen molar-refractivity contribution in [2.24, 2.45) is 5.92 Å². The second-order valence-corrected chi connectivity index (χ2v) is 11.4. The summed E-state index contributed by atoms with van der Waals surface area (Å²) in [5.74, 6) is -1.15. The fourth-order valence-corrected chi connectivity index (χ4v) is 6.19. The van der Waals surface area contributed by atoms with Crippen LogP contribution in [0.5, 0.6) is 0 Å². The maximum Gasteiger partial charge on any atom is 0.416 e. The van der Waals surface area contributed by atoms with Crippen molar-refractivity contribution in [3.05, 3.63) is 125 Å². The third-order valence-corrected chi connectivity index (χ3v) is 8.57. The van der Waals surface area contributed by atoms with Gasteiger partial charge in [0.2, 0.25) is 5.91 Å². The monoisotopic (exact) mass is 595 g/mol. The zero-order chi connectivity index (χ0) is 31.2. The number of hydrogen-bond donors (Lipinski definition) is 2. The summed E-state index contributed by atoms with van der Waals surface area (Å²) in [7, 11) is 0. The van der Waals surface area contributed by atoms with Crippen LogP contribution in [0.1, 0.15) is 58.9 Å². The van der Waals surface area contributed by atoms with Crippen LogP contribution < -0.4 is 5.32 Å². The highest BCUT2D eigenvalue weighted by molar-refractivity contribution is 6.06. The summed E-state index contributed by atoms with van der Waals surface area (Å²) in [6, 6.07) is 26.3. The lowest BCUT2D eigenvalue weighted by molar-refractivity contribution is -0.137. The summed E-state index contributed by atoms with van der Waals surface area (Å²) in [6.07, 6.45) is -4.00. The maximum absolute atomic E-state index is 14.3. The molecule has 0 saturated carbocycles. The molecule has 2 N–H and O–H groups in total. The van der Waals surface area contributed by atoms with Gasteiger partial charge in [0, 0.05) is 27.7 Å². The number of aromatic nitrogens is 1. The molecule has 4 aromatic carbocycles. The Bertz CT molecular complexity index is 1860. The van der Waals surface area contributed by atoms with Crippen LogP contribution in [0.25, 0.3) is 22.2 Å². The Morgan fingerprint density at radius 2 is 1.66 bits per heavy atom. The van der Waals surface area contributed by atoms with E-state index >= 15 is 0 Å². The number of rotatable bonds is 7. The zero-order valence-electron chi connectivity index (χ0n) is 24.6. The summed E-state index contributed by atoms with van der Waals surface area (Å²) >= 11 is 0. The fraction of sp³-hybridized carbons (Fsp3) is 0.222. The number of halogens is 3. The number of aryl methyl sites for hydroxylation is 1. The van der Waals surface area contributed by atoms with Gasteiger partial charge in [-0.3, -0.25) is 9.59 Å². The molecule has 5 nitrogen and oxygen atoms in total. The van der Waals surface area contributed by atoms with Gasteiger partial charge in [-0.15, -0.1) is 0 Å². The quantitative estimate of drug-likeness (QED) is 0.198. The van der Waals surface area contributed by atoms with E-state index in [4.69, 9.17) is 0 Å². The molecule has 1 aliphatic rings. The first-order valence-corrected chi connectivity index (χ1v) is 14.7. The number of aromatic amines is 1. The first-order valence-electron chi connectivity index (χ1n) is 14.7. The van der Waals surface area contributed by atoms with Gasteiger partial charge in [0.15, 0.2) is 0 Å². The van der Waals surface area contributed by atoms with Crippen molar-refractivity contribution >= 4 is 28.4 Å². The molecule has 224 valence electrons. The third-order valence-electron chi connectivity index (χ3n) is 8.57. The van der Waals surface area contributed by atoms with Crippen LogP contribution in [0.3, 0.4) is 0 Å². The molecular formula is C36H32F3N3O2. The van der Waals surface area contributed by atoms with E-state index in [1.165, 1.54) is 12.1 Å². The molecule has 1 aromatic heterocycles. The number of alkyl halides is 3. The van der Waals surface area contributed by atoms with Crippen LogP contribution in [0, 0.1) is 12.8 Å². The average molecular weight is 596 g/mol. The highest BCUT2D eigenvalue weighted by atomic mass is 19.4. The van der Waals surface area contributed by atoms with E-state index in [2.05, 4.69) is 10.3 Å². The van der Waals surface area contributed by atoms with Gasteiger partial charge < -0.3 is 15.2 Å². The first-order chi connectivity index (χ1) is 21.1. The van der Waals surface area contributed by atoms with E-state index in [1.807, 2.05) is 81.4 Å². The minimum atomic E-state index is -4.56. The second-order valence-electron chi connectivity index (χ2n) is 11.4. The van der Waals surface area contributed by atoms with E-state index < -0.39 is 29.7 Å². The Balaban J connectivity index is 1.53. The van der Waals surface area contributed by atoms with Crippen LogP contribution in [0.4, 0.5) is 18.9 Å². The highest BCUT2D eigenvalue weighted by Gasteiger charge is 2.47. The predicted octanol–water partition coefficient (Wildman–Crippen LogP) is 8.76. The minimum Gasteiger partial charge on any atom is -0.354 e. The Kier molecular flexibility index (Phi) is 7.53. The fourth-order valence-electron chi connectivity index (χ4n) is 6.19. The van der Waals surface area contributed by atoms with Crippen molar-refractivity contribution in [3.63, 3.8) is 0 Å². The molecule has 3 atom stereocenters. The molecule has 5 aromatic rings. The van der Waals surface area contributed by atoms with Crippen molar-refractivity contribution in [1.82, 2.24) is 9.88 Å². The zero-order valence-corrected chi connectivity index (χ0v) is 24.6. The summed E-state index contributed by atoms with van der Waals surface area (Å²) in [5, 5.41) is 3.63. The third kappa shape index (κ3) is 5.14. The van der Waals surface area contributed by atoms with Crippen LogP contribution >= 0.6 is 0 Å². The van der Waals surface area contributed by atoms with Gasteiger partial charge in [0.1, 0.15) is 6.04 Å². The van der Waals surface area contributed by atoms with Crippen molar-refractivity contribution < 1.29 is 22.8 Å². The van der Waals surface area contributed by atoms with E-state index in [1.54, 1.807) is 17.0 Å². The summed E-state index contributed by atoms with van der Waals surface area (Å²) in [4.78, 5) is 33.7. The van der Waals surface area contributed by atoms with Crippen molar-refractivity contribution in [2.45, 2.75) is 45.5 Å². The number of anilines is 1. The van der Waals surface area contributed by atoms with E-state index in [9.17, 15) is 22.8 Å². The molecule has 44 heavy (non-hydrogen) atoms. The van der Waals surface area contributed by atoms with Gasteiger partial charge in [0.05, 0.1) is 17.3 Å². The van der Waals surface area contributed by atoms with Crippen LogP contribution in [-0.2, 0) is 11.0 Å². The van der Waals surface area contributed by atoms with Crippen molar-refractivity contribution in [3.8, 4) is 11.3 Å². The molecule has 2 amide bonds. The normalized spacial score (nSPS) is 16.2. The number of nitrogens with zero attached hydrogens (tertiary/aromatic N) is 1. The molecule has 0 radical (unpaired) electrons. The topological polar surface area (TPSA) is 65.2 Å². The van der Waals surface area contributed by atoms with Gasteiger partial charge in [-0.2, -0.15) is 13.2 Å². The van der Waals surface area contributed by atoms with Crippen LogP contribution in [0.15, 0.2) is 97.1 Å². The van der Waals surface area contributed by atoms with Gasteiger partial charge in [0.25, 0.3) is 5.91 Å². The number of para-hydroxylation sites is 1.